The number of rotatable bonds is 4. The zero-order chi connectivity index (χ0) is 13.9. The number of hydrogen-bond acceptors (Lipinski definition) is 3. The zero-order valence-corrected chi connectivity index (χ0v) is 12.1. The highest BCUT2D eigenvalue weighted by molar-refractivity contribution is 9.10. The van der Waals surface area contributed by atoms with Crippen LogP contribution >= 0.6 is 15.9 Å². The molecule has 2 heterocycles. The number of aromatic amines is 1. The fraction of sp³-hybridized carbons (Fsp3) is 0.143. The summed E-state index contributed by atoms with van der Waals surface area (Å²) in [7, 11) is 0. The van der Waals surface area contributed by atoms with Gasteiger partial charge in [0.05, 0.1) is 22.9 Å². The Kier molecular flexibility index (Phi) is 3.56. The number of fused-ring (bicyclic) bond motifs is 1. The van der Waals surface area contributed by atoms with Gasteiger partial charge in [0.1, 0.15) is 5.82 Å². The molecular weight excluding hydrogens is 322 g/mol. The van der Waals surface area contributed by atoms with Gasteiger partial charge in [0, 0.05) is 13.0 Å². The molecule has 0 bridgehead atoms. The van der Waals surface area contributed by atoms with Gasteiger partial charge in [-0.1, -0.05) is 12.1 Å². The Hall–Kier alpha value is -2.08. The average Bonchev–Trinajstić information content (AvgIpc) is 3.04. The first kappa shape index (κ1) is 12.9. The van der Waals surface area contributed by atoms with E-state index >= 15 is 0 Å². The van der Waals surface area contributed by atoms with Crippen LogP contribution in [0.5, 0.6) is 0 Å². The molecule has 3 aromatic rings. The Morgan fingerprint density at radius 3 is 2.95 bits per heavy atom. The molecule has 0 aliphatic heterocycles. The lowest BCUT2D eigenvalue weighted by Crippen LogP contribution is -2.25. The summed E-state index contributed by atoms with van der Waals surface area (Å²) in [5.41, 5.74) is 2.44. The molecule has 3 rings (SSSR count). The summed E-state index contributed by atoms with van der Waals surface area (Å²) in [6, 6.07) is 9.47. The van der Waals surface area contributed by atoms with Gasteiger partial charge in [-0.15, -0.1) is 0 Å². The first-order valence-electron chi connectivity index (χ1n) is 6.19. The number of para-hydroxylation sites is 2. The van der Waals surface area contributed by atoms with Crippen LogP contribution in [0.25, 0.3) is 11.0 Å². The molecule has 0 saturated carbocycles. The number of hydrogen-bond donors (Lipinski definition) is 2. The third-order valence-corrected chi connectivity index (χ3v) is 3.56. The van der Waals surface area contributed by atoms with Crippen LogP contribution in [0.1, 0.15) is 16.2 Å². The van der Waals surface area contributed by atoms with E-state index in [-0.39, 0.29) is 5.91 Å². The van der Waals surface area contributed by atoms with Crippen LogP contribution in [0.15, 0.2) is 45.7 Å². The Bertz CT molecular complexity index is 715. The Labute approximate surface area is 123 Å². The van der Waals surface area contributed by atoms with Gasteiger partial charge >= 0.3 is 0 Å². The van der Waals surface area contributed by atoms with Crippen molar-refractivity contribution in [1.82, 2.24) is 15.3 Å². The predicted molar refractivity (Wildman–Crippen MR) is 78.5 cm³/mol. The van der Waals surface area contributed by atoms with Crippen LogP contribution < -0.4 is 5.32 Å². The number of benzene rings is 1. The number of H-pyrrole nitrogens is 1. The molecule has 2 aromatic heterocycles. The van der Waals surface area contributed by atoms with Crippen LogP contribution in [0.4, 0.5) is 0 Å². The molecule has 0 unspecified atom stereocenters. The molecule has 1 aromatic carbocycles. The van der Waals surface area contributed by atoms with Crippen molar-refractivity contribution >= 4 is 32.9 Å². The highest BCUT2D eigenvalue weighted by Crippen LogP contribution is 2.17. The number of amides is 1. The lowest BCUT2D eigenvalue weighted by Gasteiger charge is -2.02. The van der Waals surface area contributed by atoms with Crippen molar-refractivity contribution in [1.29, 1.82) is 0 Å². The summed E-state index contributed by atoms with van der Waals surface area (Å²) in [4.78, 5) is 19.5. The van der Waals surface area contributed by atoms with Gasteiger partial charge in [-0.25, -0.2) is 4.98 Å². The molecule has 0 saturated heterocycles. The molecule has 0 atom stereocenters. The molecule has 102 valence electrons. The van der Waals surface area contributed by atoms with Crippen molar-refractivity contribution in [2.75, 3.05) is 6.54 Å². The summed E-state index contributed by atoms with van der Waals surface area (Å²) in [5, 5.41) is 2.83. The maximum Gasteiger partial charge on any atom is 0.255 e. The lowest BCUT2D eigenvalue weighted by molar-refractivity contribution is 0.0952. The number of carbonyl (C=O) groups is 1. The van der Waals surface area contributed by atoms with Crippen molar-refractivity contribution in [3.05, 3.63) is 52.7 Å². The maximum atomic E-state index is 11.9. The van der Waals surface area contributed by atoms with Crippen LogP contribution in [0, 0.1) is 0 Å². The van der Waals surface area contributed by atoms with E-state index in [1.165, 1.54) is 6.26 Å². The molecule has 20 heavy (non-hydrogen) atoms. The van der Waals surface area contributed by atoms with E-state index in [4.69, 9.17) is 4.42 Å². The van der Waals surface area contributed by atoms with Crippen LogP contribution in [-0.2, 0) is 6.42 Å². The van der Waals surface area contributed by atoms with Crippen LogP contribution in [-0.4, -0.2) is 22.4 Å². The maximum absolute atomic E-state index is 11.9. The minimum atomic E-state index is -0.165. The SMILES string of the molecule is O=C(NCCc1nc2ccccc2[nH]1)c1ccoc1Br. The largest absolute Gasteiger partial charge is 0.457 e. The van der Waals surface area contributed by atoms with E-state index in [0.717, 1.165) is 16.9 Å². The average molecular weight is 334 g/mol. The molecule has 5 nitrogen and oxygen atoms in total. The topological polar surface area (TPSA) is 70.9 Å². The summed E-state index contributed by atoms with van der Waals surface area (Å²) < 4.78 is 5.47. The molecule has 6 heteroatoms. The third kappa shape index (κ3) is 2.60. The summed E-state index contributed by atoms with van der Waals surface area (Å²) in [6.45, 7) is 0.510. The predicted octanol–water partition coefficient (Wildman–Crippen LogP) is 2.89. The molecule has 0 radical (unpaired) electrons. The molecule has 2 N–H and O–H groups in total. The van der Waals surface area contributed by atoms with Crippen LogP contribution in [0.2, 0.25) is 0 Å². The number of nitrogens with one attached hydrogen (secondary N) is 2. The van der Waals surface area contributed by atoms with Gasteiger partial charge in [0.2, 0.25) is 0 Å². The minimum absolute atomic E-state index is 0.165. The lowest BCUT2D eigenvalue weighted by atomic mass is 10.3. The highest BCUT2D eigenvalue weighted by atomic mass is 79.9. The van der Waals surface area contributed by atoms with Crippen molar-refractivity contribution in [2.45, 2.75) is 6.42 Å². The quantitative estimate of drug-likeness (QED) is 0.771. The van der Waals surface area contributed by atoms with E-state index < -0.39 is 0 Å². The van der Waals surface area contributed by atoms with Gasteiger partial charge in [0.15, 0.2) is 4.67 Å². The number of halogens is 1. The van der Waals surface area contributed by atoms with E-state index in [1.807, 2.05) is 24.3 Å². The van der Waals surface area contributed by atoms with E-state index in [9.17, 15) is 4.79 Å². The van der Waals surface area contributed by atoms with Crippen molar-refractivity contribution in [3.63, 3.8) is 0 Å². The van der Waals surface area contributed by atoms with Gasteiger partial charge in [-0.05, 0) is 34.1 Å². The Balaban J connectivity index is 1.60. The molecular formula is C14H12BrN3O2. The zero-order valence-electron chi connectivity index (χ0n) is 10.5. The molecule has 0 aliphatic carbocycles. The molecule has 0 fully saturated rings. The van der Waals surface area contributed by atoms with Gasteiger partial charge in [-0.2, -0.15) is 0 Å². The second-order valence-corrected chi connectivity index (χ2v) is 5.03. The third-order valence-electron chi connectivity index (χ3n) is 2.95. The van der Waals surface area contributed by atoms with Crippen molar-refractivity contribution < 1.29 is 9.21 Å². The summed E-state index contributed by atoms with van der Waals surface area (Å²) in [5.74, 6) is 0.694. The molecule has 1 amide bonds. The van der Waals surface area contributed by atoms with E-state index in [1.54, 1.807) is 6.07 Å². The minimum Gasteiger partial charge on any atom is -0.457 e. The fourth-order valence-corrected chi connectivity index (χ4v) is 2.39. The summed E-state index contributed by atoms with van der Waals surface area (Å²) in [6.07, 6.45) is 2.12. The number of aromatic nitrogens is 2. The molecule has 0 aliphatic rings. The Morgan fingerprint density at radius 2 is 2.20 bits per heavy atom. The van der Waals surface area contributed by atoms with Gasteiger partial charge < -0.3 is 14.7 Å². The Morgan fingerprint density at radius 1 is 1.35 bits per heavy atom. The smallest absolute Gasteiger partial charge is 0.255 e. The van der Waals surface area contributed by atoms with E-state index in [2.05, 4.69) is 31.2 Å². The molecule has 0 spiro atoms. The fourth-order valence-electron chi connectivity index (χ4n) is 1.97. The normalized spacial score (nSPS) is 10.8. The standard InChI is InChI=1S/C14H12BrN3O2/c15-13-9(6-8-20-13)14(19)16-7-5-12-17-10-3-1-2-4-11(10)18-12/h1-4,6,8H,5,7H2,(H,16,19)(H,17,18). The monoisotopic (exact) mass is 333 g/mol. The van der Waals surface area contributed by atoms with Crippen LogP contribution in [0.3, 0.4) is 0 Å². The number of imidazole rings is 1. The number of nitrogens with zero attached hydrogens (tertiary/aromatic N) is 1. The second-order valence-electron chi connectivity index (χ2n) is 4.31. The van der Waals surface area contributed by atoms with Crippen molar-refractivity contribution in [3.8, 4) is 0 Å². The first-order valence-corrected chi connectivity index (χ1v) is 6.98. The van der Waals surface area contributed by atoms with E-state index in [0.29, 0.717) is 23.2 Å². The highest BCUT2D eigenvalue weighted by Gasteiger charge is 2.12. The summed E-state index contributed by atoms with van der Waals surface area (Å²) >= 11 is 3.18. The number of furan rings is 1. The van der Waals surface area contributed by atoms with Crippen molar-refractivity contribution in [2.24, 2.45) is 0 Å². The van der Waals surface area contributed by atoms with Gasteiger partial charge in [-0.3, -0.25) is 4.79 Å². The van der Waals surface area contributed by atoms with Gasteiger partial charge in [0.25, 0.3) is 5.91 Å². The first-order chi connectivity index (χ1) is 9.74. The number of carbonyl (C=O) groups excluding carboxylic acids is 1. The second kappa shape index (κ2) is 5.50.